The molecule has 1 saturated heterocycles. The van der Waals surface area contributed by atoms with E-state index in [9.17, 15) is 4.79 Å². The topological polar surface area (TPSA) is 59.4 Å². The Bertz CT molecular complexity index is 1260. The molecule has 0 unspecified atom stereocenters. The van der Waals surface area contributed by atoms with Crippen molar-refractivity contribution in [2.75, 3.05) is 30.4 Å². The number of carbonyl (C=O) groups excluding carboxylic acids is 1. The van der Waals surface area contributed by atoms with E-state index < -0.39 is 0 Å². The van der Waals surface area contributed by atoms with Gasteiger partial charge in [0.15, 0.2) is 0 Å². The number of rotatable bonds is 6. The summed E-state index contributed by atoms with van der Waals surface area (Å²) in [5.41, 5.74) is 4.60. The summed E-state index contributed by atoms with van der Waals surface area (Å²) >= 11 is 0. The van der Waals surface area contributed by atoms with Crippen LogP contribution in [-0.4, -0.2) is 35.9 Å². The van der Waals surface area contributed by atoms with Gasteiger partial charge in [-0.05, 0) is 55.3 Å². The number of hydrogen-bond donors (Lipinski definition) is 1. The molecule has 2 heterocycles. The number of benzene rings is 3. The first kappa shape index (κ1) is 20.8. The highest BCUT2D eigenvalue weighted by Crippen LogP contribution is 2.32. The Morgan fingerprint density at radius 3 is 2.42 bits per heavy atom. The van der Waals surface area contributed by atoms with Crippen LogP contribution in [0.2, 0.25) is 0 Å². The lowest BCUT2D eigenvalue weighted by molar-refractivity contribution is 0.102. The quantitative estimate of drug-likeness (QED) is 0.438. The molecule has 0 radical (unpaired) electrons. The number of methoxy groups -OCH3 is 1. The average Bonchev–Trinajstić information content (AvgIpc) is 3.56. The van der Waals surface area contributed by atoms with Crippen LogP contribution >= 0.6 is 0 Å². The summed E-state index contributed by atoms with van der Waals surface area (Å²) in [4.78, 5) is 15.8. The Hall–Kier alpha value is -4.06. The molecular formula is C27H26N4O2. The van der Waals surface area contributed by atoms with Gasteiger partial charge in [-0.3, -0.25) is 4.79 Å². The summed E-state index contributed by atoms with van der Waals surface area (Å²) in [6.45, 7) is 2.11. The zero-order chi connectivity index (χ0) is 22.6. The highest BCUT2D eigenvalue weighted by Gasteiger charge is 2.21. The normalized spacial score (nSPS) is 13.2. The van der Waals surface area contributed by atoms with Gasteiger partial charge in [0.25, 0.3) is 5.91 Å². The lowest BCUT2D eigenvalue weighted by Gasteiger charge is -2.18. The number of nitrogens with zero attached hydrogens (tertiary/aromatic N) is 3. The molecule has 1 amide bonds. The second kappa shape index (κ2) is 9.20. The number of aromatic nitrogens is 2. The molecule has 1 aromatic heterocycles. The van der Waals surface area contributed by atoms with Crippen LogP contribution in [0.1, 0.15) is 23.2 Å². The minimum absolute atomic E-state index is 0.211. The second-order valence-corrected chi connectivity index (χ2v) is 8.07. The average molecular weight is 439 g/mol. The predicted molar refractivity (Wildman–Crippen MR) is 131 cm³/mol. The van der Waals surface area contributed by atoms with Gasteiger partial charge < -0.3 is 15.0 Å². The number of carbonyl (C=O) groups is 1. The fourth-order valence-corrected chi connectivity index (χ4v) is 4.25. The van der Waals surface area contributed by atoms with Crippen LogP contribution in [0.5, 0.6) is 5.75 Å². The minimum atomic E-state index is -0.211. The highest BCUT2D eigenvalue weighted by molar-refractivity contribution is 6.08. The van der Waals surface area contributed by atoms with Crippen LogP contribution in [0, 0.1) is 0 Å². The van der Waals surface area contributed by atoms with Crippen molar-refractivity contribution in [1.29, 1.82) is 0 Å². The van der Waals surface area contributed by atoms with E-state index in [4.69, 9.17) is 9.84 Å². The third-order valence-electron chi connectivity index (χ3n) is 5.92. The van der Waals surface area contributed by atoms with Gasteiger partial charge in [-0.25, -0.2) is 4.68 Å². The molecule has 4 aromatic rings. The Balaban J connectivity index is 1.52. The zero-order valence-electron chi connectivity index (χ0n) is 18.6. The van der Waals surface area contributed by atoms with Crippen LogP contribution in [0.4, 0.5) is 11.4 Å². The van der Waals surface area contributed by atoms with Crippen molar-refractivity contribution in [2.24, 2.45) is 0 Å². The fourth-order valence-electron chi connectivity index (χ4n) is 4.25. The monoisotopic (exact) mass is 438 g/mol. The first-order chi connectivity index (χ1) is 16.2. The molecule has 6 nitrogen and oxygen atoms in total. The van der Waals surface area contributed by atoms with E-state index in [1.165, 1.54) is 12.8 Å². The van der Waals surface area contributed by atoms with Crippen molar-refractivity contribution in [3.63, 3.8) is 0 Å². The van der Waals surface area contributed by atoms with Crippen molar-refractivity contribution in [3.05, 3.63) is 90.6 Å². The summed E-state index contributed by atoms with van der Waals surface area (Å²) in [6.07, 6.45) is 4.19. The fraction of sp³-hybridized carbons (Fsp3) is 0.185. The third-order valence-corrected chi connectivity index (χ3v) is 5.92. The number of amides is 1. The van der Waals surface area contributed by atoms with Crippen LogP contribution in [-0.2, 0) is 0 Å². The molecule has 3 aromatic carbocycles. The molecular weight excluding hydrogens is 412 g/mol. The Morgan fingerprint density at radius 1 is 0.909 bits per heavy atom. The number of para-hydroxylation sites is 2. The minimum Gasteiger partial charge on any atom is -0.496 e. The van der Waals surface area contributed by atoms with E-state index in [1.807, 2.05) is 72.8 Å². The van der Waals surface area contributed by atoms with E-state index in [-0.39, 0.29) is 5.91 Å². The summed E-state index contributed by atoms with van der Waals surface area (Å²) in [5.74, 6) is 0.456. The van der Waals surface area contributed by atoms with E-state index in [0.29, 0.717) is 17.0 Å². The first-order valence-corrected chi connectivity index (χ1v) is 11.2. The number of ether oxygens (including phenoxy) is 1. The van der Waals surface area contributed by atoms with Gasteiger partial charge >= 0.3 is 0 Å². The van der Waals surface area contributed by atoms with Crippen LogP contribution < -0.4 is 15.0 Å². The lowest BCUT2D eigenvalue weighted by Crippen LogP contribution is -2.18. The van der Waals surface area contributed by atoms with Crippen LogP contribution in [0.25, 0.3) is 16.9 Å². The number of hydrogen-bond acceptors (Lipinski definition) is 4. The molecule has 1 fully saturated rings. The lowest BCUT2D eigenvalue weighted by atomic mass is 10.1. The molecule has 33 heavy (non-hydrogen) atoms. The van der Waals surface area contributed by atoms with Crippen molar-refractivity contribution in [3.8, 4) is 22.7 Å². The van der Waals surface area contributed by atoms with Crippen molar-refractivity contribution in [1.82, 2.24) is 9.78 Å². The van der Waals surface area contributed by atoms with Crippen LogP contribution in [0.3, 0.4) is 0 Å². The Morgan fingerprint density at radius 2 is 1.64 bits per heavy atom. The predicted octanol–water partition coefficient (Wildman–Crippen LogP) is 5.40. The molecule has 6 heteroatoms. The maximum absolute atomic E-state index is 13.5. The van der Waals surface area contributed by atoms with Gasteiger partial charge in [0, 0.05) is 36.2 Å². The highest BCUT2D eigenvalue weighted by atomic mass is 16.5. The van der Waals surface area contributed by atoms with Gasteiger partial charge in [-0.15, -0.1) is 0 Å². The molecule has 1 aliphatic rings. The molecule has 0 saturated carbocycles. The first-order valence-electron chi connectivity index (χ1n) is 11.2. The summed E-state index contributed by atoms with van der Waals surface area (Å²) in [7, 11) is 1.62. The van der Waals surface area contributed by atoms with Crippen molar-refractivity contribution < 1.29 is 9.53 Å². The molecule has 1 aliphatic heterocycles. The SMILES string of the molecule is COc1ccccc1-c1nn(-c2ccccc2)cc1C(=O)Nc1cccc(N2CCCC2)c1. The summed E-state index contributed by atoms with van der Waals surface area (Å²) in [5, 5.41) is 7.84. The van der Waals surface area contributed by atoms with E-state index >= 15 is 0 Å². The van der Waals surface area contributed by atoms with E-state index in [0.717, 1.165) is 35.7 Å². The number of nitrogens with one attached hydrogen (secondary N) is 1. The zero-order valence-corrected chi connectivity index (χ0v) is 18.6. The maximum atomic E-state index is 13.5. The van der Waals surface area contributed by atoms with Gasteiger partial charge in [0.2, 0.25) is 0 Å². The van der Waals surface area contributed by atoms with Crippen molar-refractivity contribution in [2.45, 2.75) is 12.8 Å². The van der Waals surface area contributed by atoms with Gasteiger partial charge in [0.05, 0.1) is 18.4 Å². The molecule has 5 rings (SSSR count). The molecule has 0 spiro atoms. The third kappa shape index (κ3) is 4.32. The molecule has 0 aliphatic carbocycles. The van der Waals surface area contributed by atoms with Gasteiger partial charge in [-0.2, -0.15) is 5.10 Å². The Kier molecular flexibility index (Phi) is 5.81. The van der Waals surface area contributed by atoms with Crippen molar-refractivity contribution >= 4 is 17.3 Å². The number of anilines is 2. The standard InChI is InChI=1S/C27H26N4O2/c1-33-25-15-6-5-14-23(25)26-24(19-31(29-26)21-11-3-2-4-12-21)27(32)28-20-10-9-13-22(18-20)30-16-7-8-17-30/h2-6,9-15,18-19H,7-8,16-17H2,1H3,(H,28,32). The Labute approximate surface area is 193 Å². The summed E-state index contributed by atoms with van der Waals surface area (Å²) in [6, 6.07) is 25.4. The van der Waals surface area contributed by atoms with Gasteiger partial charge in [0.1, 0.15) is 11.4 Å². The summed E-state index contributed by atoms with van der Waals surface area (Å²) < 4.78 is 7.29. The molecule has 0 bridgehead atoms. The maximum Gasteiger partial charge on any atom is 0.259 e. The van der Waals surface area contributed by atoms with Crippen LogP contribution in [0.15, 0.2) is 85.1 Å². The van der Waals surface area contributed by atoms with E-state index in [1.54, 1.807) is 18.0 Å². The smallest absolute Gasteiger partial charge is 0.259 e. The second-order valence-electron chi connectivity index (χ2n) is 8.07. The largest absolute Gasteiger partial charge is 0.496 e. The molecule has 1 N–H and O–H groups in total. The van der Waals surface area contributed by atoms with Gasteiger partial charge in [-0.1, -0.05) is 36.4 Å². The van der Waals surface area contributed by atoms with E-state index in [2.05, 4.69) is 16.3 Å². The molecule has 0 atom stereocenters. The molecule has 166 valence electrons.